The van der Waals surface area contributed by atoms with Gasteiger partial charge in [0, 0.05) is 52.0 Å². The van der Waals surface area contributed by atoms with Gasteiger partial charge >= 0.3 is 0 Å². The van der Waals surface area contributed by atoms with Crippen LogP contribution in [0, 0.1) is 6.92 Å². The van der Waals surface area contributed by atoms with Gasteiger partial charge in [0.1, 0.15) is 18.0 Å². The molecule has 1 aromatic heterocycles. The Morgan fingerprint density at radius 2 is 1.68 bits per heavy atom. The van der Waals surface area contributed by atoms with Crippen LogP contribution in [0.15, 0.2) is 36.7 Å². The molecule has 0 radical (unpaired) electrons. The number of anilines is 3. The van der Waals surface area contributed by atoms with Crippen molar-refractivity contribution in [2.45, 2.75) is 6.92 Å². The lowest BCUT2D eigenvalue weighted by molar-refractivity contribution is 0.646. The van der Waals surface area contributed by atoms with E-state index in [-0.39, 0.29) is 0 Å². The molecule has 0 aliphatic carbocycles. The van der Waals surface area contributed by atoms with E-state index in [1.54, 1.807) is 6.33 Å². The number of aromatic nitrogens is 2. The second-order valence-electron chi connectivity index (χ2n) is 5.94. The van der Waals surface area contributed by atoms with Gasteiger partial charge in [-0.3, -0.25) is 0 Å². The molecule has 0 unspecified atom stereocenters. The van der Waals surface area contributed by atoms with Crippen LogP contribution < -0.4 is 14.7 Å². The van der Waals surface area contributed by atoms with E-state index in [4.69, 9.17) is 0 Å². The lowest BCUT2D eigenvalue weighted by Gasteiger charge is -2.37. The van der Waals surface area contributed by atoms with Crippen molar-refractivity contribution in [2.24, 2.45) is 0 Å². The minimum Gasteiger partial charge on any atom is -0.368 e. The zero-order chi connectivity index (χ0) is 15.5. The van der Waals surface area contributed by atoms with Gasteiger partial charge in [0.25, 0.3) is 0 Å². The maximum atomic E-state index is 4.43. The highest BCUT2D eigenvalue weighted by Gasteiger charge is 2.19. The Hall–Kier alpha value is -2.30. The molecule has 1 aliphatic heterocycles. The van der Waals surface area contributed by atoms with Crippen LogP contribution in [0.3, 0.4) is 0 Å². The summed E-state index contributed by atoms with van der Waals surface area (Å²) >= 11 is 0. The van der Waals surface area contributed by atoms with Crippen LogP contribution in [-0.4, -0.2) is 50.2 Å². The molecule has 2 heterocycles. The van der Waals surface area contributed by atoms with Crippen molar-refractivity contribution in [2.75, 3.05) is 55.0 Å². The molecular weight excluding hydrogens is 274 g/mol. The van der Waals surface area contributed by atoms with E-state index >= 15 is 0 Å². The Labute approximate surface area is 132 Å². The number of rotatable bonds is 3. The van der Waals surface area contributed by atoms with Gasteiger partial charge in [-0.2, -0.15) is 0 Å². The molecule has 0 saturated carbocycles. The Morgan fingerprint density at radius 1 is 0.955 bits per heavy atom. The summed E-state index contributed by atoms with van der Waals surface area (Å²) in [5.41, 5.74) is 2.63. The van der Waals surface area contributed by atoms with Crippen molar-refractivity contribution in [3.8, 4) is 0 Å². The molecule has 1 saturated heterocycles. The minimum atomic E-state index is 0.950. The summed E-state index contributed by atoms with van der Waals surface area (Å²) in [6.45, 7) is 6.15. The molecule has 0 amide bonds. The van der Waals surface area contributed by atoms with Crippen LogP contribution in [0.5, 0.6) is 0 Å². The predicted octanol–water partition coefficient (Wildman–Crippen LogP) is 2.18. The number of piperazine rings is 1. The molecule has 0 spiro atoms. The molecule has 0 bridgehead atoms. The van der Waals surface area contributed by atoms with E-state index in [0.29, 0.717) is 0 Å². The normalized spacial score (nSPS) is 15.0. The topological polar surface area (TPSA) is 35.5 Å². The highest BCUT2D eigenvalue weighted by molar-refractivity contribution is 5.53. The molecule has 116 valence electrons. The van der Waals surface area contributed by atoms with Crippen LogP contribution in [0.2, 0.25) is 0 Å². The van der Waals surface area contributed by atoms with Gasteiger partial charge in [-0.15, -0.1) is 0 Å². The summed E-state index contributed by atoms with van der Waals surface area (Å²) in [6.07, 6.45) is 1.65. The fraction of sp³-hybridized carbons (Fsp3) is 0.412. The van der Waals surface area contributed by atoms with Gasteiger partial charge in [0.05, 0.1) is 0 Å². The molecule has 1 fully saturated rings. The van der Waals surface area contributed by atoms with Crippen molar-refractivity contribution >= 4 is 17.3 Å². The summed E-state index contributed by atoms with van der Waals surface area (Å²) in [6, 6.07) is 10.8. The second kappa shape index (κ2) is 6.22. The first-order chi connectivity index (χ1) is 10.6. The average Bonchev–Trinajstić information content (AvgIpc) is 2.55. The van der Waals surface area contributed by atoms with Gasteiger partial charge in [-0.05, 0) is 24.6 Å². The van der Waals surface area contributed by atoms with Crippen molar-refractivity contribution in [1.82, 2.24) is 9.97 Å². The quantitative estimate of drug-likeness (QED) is 0.868. The SMILES string of the molecule is Cc1cccc(N2CCN(c3cc(N(C)C)ncn3)CC2)c1. The maximum absolute atomic E-state index is 4.43. The molecule has 0 atom stereocenters. The van der Waals surface area contributed by atoms with Gasteiger partial charge in [0.15, 0.2) is 0 Å². The third-order valence-corrected chi connectivity index (χ3v) is 4.07. The van der Waals surface area contributed by atoms with Crippen molar-refractivity contribution in [3.05, 3.63) is 42.2 Å². The smallest absolute Gasteiger partial charge is 0.134 e. The molecule has 0 N–H and O–H groups in total. The minimum absolute atomic E-state index is 0.950. The van der Waals surface area contributed by atoms with Crippen LogP contribution in [-0.2, 0) is 0 Å². The fourth-order valence-corrected chi connectivity index (χ4v) is 2.77. The summed E-state index contributed by atoms with van der Waals surface area (Å²) in [5.74, 6) is 1.97. The highest BCUT2D eigenvalue weighted by Crippen LogP contribution is 2.21. The molecule has 1 aromatic carbocycles. The molecule has 1 aliphatic rings. The lowest BCUT2D eigenvalue weighted by atomic mass is 10.2. The first-order valence-electron chi connectivity index (χ1n) is 7.69. The summed E-state index contributed by atoms with van der Waals surface area (Å²) in [7, 11) is 4.00. The van der Waals surface area contributed by atoms with Crippen LogP contribution in [0.25, 0.3) is 0 Å². The molecular formula is C17H23N5. The summed E-state index contributed by atoms with van der Waals surface area (Å²) in [5, 5.41) is 0. The van der Waals surface area contributed by atoms with E-state index in [0.717, 1.165) is 37.8 Å². The van der Waals surface area contributed by atoms with Crippen LogP contribution in [0.4, 0.5) is 17.3 Å². The average molecular weight is 297 g/mol. The van der Waals surface area contributed by atoms with Crippen LogP contribution >= 0.6 is 0 Å². The van der Waals surface area contributed by atoms with Gasteiger partial charge in [0.2, 0.25) is 0 Å². The Kier molecular flexibility index (Phi) is 4.13. The lowest BCUT2D eigenvalue weighted by Crippen LogP contribution is -2.46. The third kappa shape index (κ3) is 3.13. The molecule has 2 aromatic rings. The van der Waals surface area contributed by atoms with Crippen molar-refractivity contribution in [1.29, 1.82) is 0 Å². The number of aryl methyl sites for hydroxylation is 1. The third-order valence-electron chi connectivity index (χ3n) is 4.07. The Balaban J connectivity index is 1.68. The van der Waals surface area contributed by atoms with E-state index in [1.165, 1.54) is 11.3 Å². The predicted molar refractivity (Wildman–Crippen MR) is 92.0 cm³/mol. The number of benzene rings is 1. The fourth-order valence-electron chi connectivity index (χ4n) is 2.77. The highest BCUT2D eigenvalue weighted by atomic mass is 15.3. The molecule has 5 nitrogen and oxygen atoms in total. The zero-order valence-corrected chi connectivity index (χ0v) is 13.5. The second-order valence-corrected chi connectivity index (χ2v) is 5.94. The van der Waals surface area contributed by atoms with Crippen molar-refractivity contribution in [3.63, 3.8) is 0 Å². The molecule has 5 heteroatoms. The first-order valence-corrected chi connectivity index (χ1v) is 7.69. The number of nitrogens with zero attached hydrogens (tertiary/aromatic N) is 5. The maximum Gasteiger partial charge on any atom is 0.134 e. The van der Waals surface area contributed by atoms with Gasteiger partial charge in [-0.1, -0.05) is 12.1 Å². The van der Waals surface area contributed by atoms with E-state index in [9.17, 15) is 0 Å². The van der Waals surface area contributed by atoms with Crippen molar-refractivity contribution < 1.29 is 0 Å². The van der Waals surface area contributed by atoms with E-state index in [1.807, 2.05) is 19.0 Å². The Bertz CT molecular complexity index is 632. The first kappa shape index (κ1) is 14.6. The Morgan fingerprint density at radius 3 is 2.36 bits per heavy atom. The molecule has 3 rings (SSSR count). The van der Waals surface area contributed by atoms with Crippen LogP contribution in [0.1, 0.15) is 5.56 Å². The van der Waals surface area contributed by atoms with E-state index < -0.39 is 0 Å². The summed E-state index contributed by atoms with van der Waals surface area (Å²) < 4.78 is 0. The molecule has 22 heavy (non-hydrogen) atoms. The number of hydrogen-bond acceptors (Lipinski definition) is 5. The van der Waals surface area contributed by atoms with Gasteiger partial charge in [-0.25, -0.2) is 9.97 Å². The number of hydrogen-bond donors (Lipinski definition) is 0. The van der Waals surface area contributed by atoms with E-state index in [2.05, 4.69) is 57.0 Å². The standard InChI is InChI=1S/C17H23N5/c1-14-5-4-6-15(11-14)21-7-9-22(10-8-21)17-12-16(20(2)3)18-13-19-17/h4-6,11-13H,7-10H2,1-3H3. The van der Waals surface area contributed by atoms with Gasteiger partial charge < -0.3 is 14.7 Å². The summed E-state index contributed by atoms with van der Waals surface area (Å²) in [4.78, 5) is 15.5. The largest absolute Gasteiger partial charge is 0.368 e. The zero-order valence-electron chi connectivity index (χ0n) is 13.5. The monoisotopic (exact) mass is 297 g/mol.